The number of nitrogens with zero attached hydrogens (tertiary/aromatic N) is 1. The minimum absolute atomic E-state index is 0.224. The van der Waals surface area contributed by atoms with Gasteiger partial charge in [-0.1, -0.05) is 24.3 Å². The molecule has 0 bridgehead atoms. The highest BCUT2D eigenvalue weighted by Gasteiger charge is 2.35. The quantitative estimate of drug-likeness (QED) is 0.203. The third kappa shape index (κ3) is 5.81. The van der Waals surface area contributed by atoms with E-state index < -0.39 is 0 Å². The maximum atomic E-state index is 13.1. The molecule has 0 unspecified atom stereocenters. The predicted molar refractivity (Wildman–Crippen MR) is 142 cm³/mol. The van der Waals surface area contributed by atoms with Gasteiger partial charge in [0, 0.05) is 3.57 Å². The smallest absolute Gasteiger partial charge is 0.293 e. The van der Waals surface area contributed by atoms with Crippen LogP contribution in [0.5, 0.6) is 11.5 Å². The number of rotatable bonds is 7. The largest absolute Gasteiger partial charge is 0.493 e. The summed E-state index contributed by atoms with van der Waals surface area (Å²) in [6, 6.07) is 17.3. The Bertz CT molecular complexity index is 1270. The van der Waals surface area contributed by atoms with Gasteiger partial charge in [0.1, 0.15) is 12.4 Å². The van der Waals surface area contributed by atoms with E-state index in [-0.39, 0.29) is 30.1 Å². The molecule has 4 rings (SSSR count). The zero-order chi connectivity index (χ0) is 24.2. The van der Waals surface area contributed by atoms with E-state index in [1.807, 2.05) is 24.3 Å². The number of halogens is 3. The first kappa shape index (κ1) is 24.7. The number of carbonyl (C=O) groups is 2. The number of benzene rings is 3. The summed E-state index contributed by atoms with van der Waals surface area (Å²) in [6.45, 7) is 0.452. The van der Waals surface area contributed by atoms with Crippen LogP contribution in [0.1, 0.15) is 16.7 Å². The molecule has 0 radical (unpaired) electrons. The summed E-state index contributed by atoms with van der Waals surface area (Å²) in [4.78, 5) is 27.0. The summed E-state index contributed by atoms with van der Waals surface area (Å²) < 4.78 is 26.2. The van der Waals surface area contributed by atoms with Gasteiger partial charge in [0.2, 0.25) is 0 Å². The van der Waals surface area contributed by atoms with Gasteiger partial charge in [0.05, 0.1) is 23.0 Å². The molecule has 0 aliphatic carbocycles. The van der Waals surface area contributed by atoms with E-state index in [1.165, 1.54) is 24.1 Å². The molecule has 5 nitrogen and oxygen atoms in total. The molecule has 34 heavy (non-hydrogen) atoms. The molecule has 0 N–H and O–H groups in total. The number of hydrogen-bond acceptors (Lipinski definition) is 5. The summed E-state index contributed by atoms with van der Waals surface area (Å²) in [5, 5.41) is -0.305. The molecular formula is C25H18BrFINO4S. The van der Waals surface area contributed by atoms with Gasteiger partial charge in [0.15, 0.2) is 11.5 Å². The van der Waals surface area contributed by atoms with Gasteiger partial charge in [-0.25, -0.2) is 4.39 Å². The highest BCUT2D eigenvalue weighted by atomic mass is 127. The second kappa shape index (κ2) is 10.9. The van der Waals surface area contributed by atoms with E-state index in [0.29, 0.717) is 26.4 Å². The lowest BCUT2D eigenvalue weighted by molar-refractivity contribution is -0.123. The molecule has 0 atom stereocenters. The molecule has 1 fully saturated rings. The average molecular weight is 654 g/mol. The van der Waals surface area contributed by atoms with E-state index in [2.05, 4.69) is 38.5 Å². The monoisotopic (exact) mass is 653 g/mol. The molecule has 2 amide bonds. The Balaban J connectivity index is 1.52. The number of ether oxygens (including phenoxy) is 2. The lowest BCUT2D eigenvalue weighted by Crippen LogP contribution is -2.27. The van der Waals surface area contributed by atoms with E-state index in [1.54, 1.807) is 30.3 Å². The van der Waals surface area contributed by atoms with Gasteiger partial charge >= 0.3 is 0 Å². The number of methoxy groups -OCH3 is 1. The van der Waals surface area contributed by atoms with Crippen molar-refractivity contribution in [3.05, 3.63) is 96.1 Å². The molecule has 0 spiro atoms. The van der Waals surface area contributed by atoms with Crippen molar-refractivity contribution in [1.29, 1.82) is 0 Å². The Morgan fingerprint density at radius 1 is 1.06 bits per heavy atom. The van der Waals surface area contributed by atoms with Crippen LogP contribution in [0.4, 0.5) is 9.18 Å². The van der Waals surface area contributed by atoms with E-state index in [9.17, 15) is 14.0 Å². The lowest BCUT2D eigenvalue weighted by Gasteiger charge is -2.14. The molecule has 0 aromatic heterocycles. The van der Waals surface area contributed by atoms with Crippen LogP contribution in [0.2, 0.25) is 0 Å². The second-order valence-electron chi connectivity index (χ2n) is 7.34. The van der Waals surface area contributed by atoms with Crippen LogP contribution in [-0.4, -0.2) is 23.2 Å². The van der Waals surface area contributed by atoms with Crippen molar-refractivity contribution in [3.63, 3.8) is 0 Å². The molecule has 9 heteroatoms. The summed E-state index contributed by atoms with van der Waals surface area (Å²) in [6.07, 6.45) is 1.66. The third-order valence-electron chi connectivity index (χ3n) is 4.97. The van der Waals surface area contributed by atoms with E-state index in [0.717, 1.165) is 26.5 Å². The highest BCUT2D eigenvalue weighted by molar-refractivity contribution is 14.1. The molecule has 174 valence electrons. The minimum atomic E-state index is -0.333. The fraction of sp³-hybridized carbons (Fsp3) is 0.120. The predicted octanol–water partition coefficient (Wildman–Crippen LogP) is 7.02. The third-order valence-corrected chi connectivity index (χ3v) is 7.19. The topological polar surface area (TPSA) is 55.8 Å². The Morgan fingerprint density at radius 2 is 1.74 bits per heavy atom. The fourth-order valence-electron chi connectivity index (χ4n) is 3.26. The highest BCUT2D eigenvalue weighted by Crippen LogP contribution is 2.39. The molecule has 1 heterocycles. The van der Waals surface area contributed by atoms with Gasteiger partial charge in [-0.3, -0.25) is 14.5 Å². The molecule has 3 aromatic carbocycles. The maximum Gasteiger partial charge on any atom is 0.293 e. The number of thioether (sulfide) groups is 1. The van der Waals surface area contributed by atoms with Crippen LogP contribution >= 0.6 is 50.3 Å². The standard InChI is InChI=1S/C25H18BrFINO4S/c1-32-21-11-17(10-20(26)23(21)33-14-16-2-6-18(27)7-3-16)12-22-24(30)29(25(31)34-22)13-15-4-8-19(28)9-5-15/h2-12H,13-14H2,1H3/b22-12-. The zero-order valence-corrected chi connectivity index (χ0v) is 22.4. The zero-order valence-electron chi connectivity index (χ0n) is 17.9. The Labute approximate surface area is 222 Å². The molecular weight excluding hydrogens is 636 g/mol. The van der Waals surface area contributed by atoms with Gasteiger partial charge in [0.25, 0.3) is 11.1 Å². The Kier molecular flexibility index (Phi) is 7.95. The first-order chi connectivity index (χ1) is 16.3. The van der Waals surface area contributed by atoms with Crippen molar-refractivity contribution in [2.24, 2.45) is 0 Å². The number of hydrogen-bond donors (Lipinski definition) is 0. The number of carbonyl (C=O) groups excluding carboxylic acids is 2. The fourth-order valence-corrected chi connectivity index (χ4v) is 5.03. The van der Waals surface area contributed by atoms with Gasteiger partial charge < -0.3 is 9.47 Å². The van der Waals surface area contributed by atoms with Crippen molar-refractivity contribution in [1.82, 2.24) is 4.90 Å². The normalized spacial score (nSPS) is 14.7. The van der Waals surface area contributed by atoms with Crippen molar-refractivity contribution in [3.8, 4) is 11.5 Å². The molecule has 1 aliphatic heterocycles. The van der Waals surface area contributed by atoms with Crippen LogP contribution in [0, 0.1) is 9.39 Å². The van der Waals surface area contributed by atoms with Crippen LogP contribution in [0.25, 0.3) is 6.08 Å². The minimum Gasteiger partial charge on any atom is -0.493 e. The molecule has 0 saturated carbocycles. The first-order valence-electron chi connectivity index (χ1n) is 10.1. The van der Waals surface area contributed by atoms with Crippen LogP contribution in [-0.2, 0) is 17.9 Å². The summed E-state index contributed by atoms with van der Waals surface area (Å²) >= 11 is 6.62. The number of amides is 2. The molecule has 3 aromatic rings. The van der Waals surface area contributed by atoms with Crippen molar-refractivity contribution in [2.45, 2.75) is 13.2 Å². The van der Waals surface area contributed by atoms with E-state index in [4.69, 9.17) is 9.47 Å². The van der Waals surface area contributed by atoms with Gasteiger partial charge in [-0.2, -0.15) is 0 Å². The Hall–Kier alpha value is -2.37. The summed E-state index contributed by atoms with van der Waals surface area (Å²) in [5.74, 6) is 0.298. The number of imide groups is 1. The SMILES string of the molecule is COc1cc(/C=C2\SC(=O)N(Cc3ccc(I)cc3)C2=O)cc(Br)c1OCc1ccc(F)cc1. The molecule has 1 aliphatic rings. The molecule has 1 saturated heterocycles. The first-order valence-corrected chi connectivity index (χ1v) is 12.8. The van der Waals surface area contributed by atoms with Crippen molar-refractivity contribution >= 4 is 67.5 Å². The lowest BCUT2D eigenvalue weighted by atomic mass is 10.1. The van der Waals surface area contributed by atoms with Crippen LogP contribution < -0.4 is 9.47 Å². The van der Waals surface area contributed by atoms with Crippen molar-refractivity contribution < 1.29 is 23.5 Å². The van der Waals surface area contributed by atoms with Gasteiger partial charge in [-0.05, 0) is 109 Å². The summed E-state index contributed by atoms with van der Waals surface area (Å²) in [7, 11) is 1.52. The maximum absolute atomic E-state index is 13.1. The van der Waals surface area contributed by atoms with Crippen LogP contribution in [0.3, 0.4) is 0 Å². The summed E-state index contributed by atoms with van der Waals surface area (Å²) in [5.41, 5.74) is 2.37. The van der Waals surface area contributed by atoms with Crippen molar-refractivity contribution in [2.75, 3.05) is 7.11 Å². The van der Waals surface area contributed by atoms with Crippen LogP contribution in [0.15, 0.2) is 70.0 Å². The van der Waals surface area contributed by atoms with Gasteiger partial charge in [-0.15, -0.1) is 0 Å². The average Bonchev–Trinajstić information content (AvgIpc) is 3.07. The Morgan fingerprint density at radius 3 is 2.41 bits per heavy atom. The second-order valence-corrected chi connectivity index (χ2v) is 10.4. The van der Waals surface area contributed by atoms with E-state index >= 15 is 0 Å².